The van der Waals surface area contributed by atoms with Crippen LogP contribution in [0.1, 0.15) is 10.4 Å². The molecule has 0 aliphatic carbocycles. The third-order valence-electron chi connectivity index (χ3n) is 1.67. The summed E-state index contributed by atoms with van der Waals surface area (Å²) >= 11 is 0.765. The van der Waals surface area contributed by atoms with E-state index in [1.165, 1.54) is 18.2 Å². The molecular formula is C9H6N2O3S. The molecule has 0 saturated carbocycles. The summed E-state index contributed by atoms with van der Waals surface area (Å²) < 4.78 is 0. The summed E-state index contributed by atoms with van der Waals surface area (Å²) in [5, 5.41) is 20.6. The molecule has 0 bridgehead atoms. The molecule has 0 unspecified atom stereocenters. The number of nitro groups is 1. The van der Waals surface area contributed by atoms with Gasteiger partial charge >= 0.3 is 0 Å². The lowest BCUT2D eigenvalue weighted by molar-refractivity contribution is -0.385. The van der Waals surface area contributed by atoms with Gasteiger partial charge in [-0.25, -0.2) is 0 Å². The van der Waals surface area contributed by atoms with E-state index in [2.05, 4.69) is 0 Å². The van der Waals surface area contributed by atoms with Crippen molar-refractivity contribution in [3.63, 3.8) is 0 Å². The van der Waals surface area contributed by atoms with E-state index in [-0.39, 0.29) is 17.0 Å². The van der Waals surface area contributed by atoms with Crippen LogP contribution in [0.25, 0.3) is 0 Å². The minimum Gasteiger partial charge on any atom is -0.293 e. The zero-order valence-electron chi connectivity index (χ0n) is 7.54. The number of hydrogen-bond donors (Lipinski definition) is 0. The van der Waals surface area contributed by atoms with Gasteiger partial charge < -0.3 is 0 Å². The molecule has 1 aromatic rings. The second kappa shape index (κ2) is 5.12. The molecule has 0 aromatic heterocycles. The fraction of sp³-hybridized carbons (Fsp3) is 0.111. The molecule has 6 heteroatoms. The molecule has 0 amide bonds. The molecule has 5 nitrogen and oxygen atoms in total. The number of rotatable bonds is 4. The highest BCUT2D eigenvalue weighted by Crippen LogP contribution is 2.19. The maximum absolute atomic E-state index is 11.5. The molecule has 0 atom stereocenters. The second-order valence-electron chi connectivity index (χ2n) is 2.58. The Morgan fingerprint density at radius 1 is 1.53 bits per heavy atom. The van der Waals surface area contributed by atoms with Crippen molar-refractivity contribution in [2.24, 2.45) is 0 Å². The molecule has 0 N–H and O–H groups in total. The summed E-state index contributed by atoms with van der Waals surface area (Å²) in [7, 11) is 0. The quantitative estimate of drug-likeness (QED) is 0.336. The lowest BCUT2D eigenvalue weighted by Gasteiger charge is -1.98. The minimum atomic E-state index is -0.607. The van der Waals surface area contributed by atoms with Crippen LogP contribution in [0.5, 0.6) is 0 Å². The first-order valence-electron chi connectivity index (χ1n) is 3.94. The van der Waals surface area contributed by atoms with Crippen molar-refractivity contribution in [2.75, 3.05) is 5.75 Å². The van der Waals surface area contributed by atoms with Crippen LogP contribution in [0.15, 0.2) is 24.3 Å². The third kappa shape index (κ3) is 2.79. The van der Waals surface area contributed by atoms with Gasteiger partial charge in [0.25, 0.3) is 5.69 Å². The number of Topliss-reactive ketones (excluding diaryl/α,β-unsaturated/α-hetero) is 1. The normalized spacial score (nSPS) is 9.27. The van der Waals surface area contributed by atoms with Gasteiger partial charge in [-0.3, -0.25) is 14.9 Å². The summed E-state index contributed by atoms with van der Waals surface area (Å²) in [5.41, 5.74) is -0.175. The molecule has 0 aliphatic rings. The first kappa shape index (κ1) is 11.2. The monoisotopic (exact) mass is 222 g/mol. The van der Waals surface area contributed by atoms with E-state index in [9.17, 15) is 14.9 Å². The Kier molecular flexibility index (Phi) is 3.83. The number of benzene rings is 1. The summed E-state index contributed by atoms with van der Waals surface area (Å²) in [6.45, 7) is 0. The lowest BCUT2D eigenvalue weighted by Crippen LogP contribution is -2.05. The molecule has 0 aliphatic heterocycles. The predicted molar refractivity (Wildman–Crippen MR) is 55.5 cm³/mol. The maximum atomic E-state index is 11.5. The van der Waals surface area contributed by atoms with Crippen LogP contribution in [0.3, 0.4) is 0 Å². The highest BCUT2D eigenvalue weighted by molar-refractivity contribution is 8.04. The van der Waals surface area contributed by atoms with Crippen LogP contribution in [0.2, 0.25) is 0 Å². The number of nitrogens with zero attached hydrogens (tertiary/aromatic N) is 2. The Morgan fingerprint density at radius 3 is 2.80 bits per heavy atom. The van der Waals surface area contributed by atoms with Crippen LogP contribution >= 0.6 is 11.8 Å². The maximum Gasteiger partial charge on any atom is 0.280 e. The van der Waals surface area contributed by atoms with Gasteiger partial charge in [-0.1, -0.05) is 12.1 Å². The zero-order valence-corrected chi connectivity index (χ0v) is 8.36. The average Bonchev–Trinajstić information content (AvgIpc) is 2.25. The summed E-state index contributed by atoms with van der Waals surface area (Å²) in [6.07, 6.45) is 0. The van der Waals surface area contributed by atoms with Gasteiger partial charge in [-0.15, -0.1) is 0 Å². The van der Waals surface area contributed by atoms with Crippen LogP contribution < -0.4 is 0 Å². The van der Waals surface area contributed by atoms with E-state index < -0.39 is 10.7 Å². The SMILES string of the molecule is N#CSCC(=O)c1ccccc1[N+](=O)[O-]. The van der Waals surface area contributed by atoms with E-state index >= 15 is 0 Å². The summed E-state index contributed by atoms with van der Waals surface area (Å²) in [5.74, 6) is -0.477. The Bertz CT molecular complexity index is 439. The first-order chi connectivity index (χ1) is 7.16. The highest BCUT2D eigenvalue weighted by Gasteiger charge is 2.18. The standard InChI is InChI=1S/C9H6N2O3S/c10-6-15-5-9(12)7-3-1-2-4-8(7)11(13)14/h1-4H,5H2. The van der Waals surface area contributed by atoms with Crippen LogP contribution in [0.4, 0.5) is 5.69 Å². The first-order valence-corrected chi connectivity index (χ1v) is 4.93. The average molecular weight is 222 g/mol. The van der Waals surface area contributed by atoms with Crippen molar-refractivity contribution in [2.45, 2.75) is 0 Å². The molecule has 0 fully saturated rings. The minimum absolute atomic E-state index is 0.0465. The van der Waals surface area contributed by atoms with Crippen LogP contribution in [-0.2, 0) is 0 Å². The number of carbonyl (C=O) groups excluding carboxylic acids is 1. The van der Waals surface area contributed by atoms with E-state index in [1.807, 2.05) is 0 Å². The molecule has 1 aromatic carbocycles. The van der Waals surface area contributed by atoms with Gasteiger partial charge in [0, 0.05) is 6.07 Å². The fourth-order valence-corrected chi connectivity index (χ4v) is 1.40. The van der Waals surface area contributed by atoms with Gasteiger partial charge in [0.15, 0.2) is 5.78 Å². The Morgan fingerprint density at radius 2 is 2.20 bits per heavy atom. The second-order valence-corrected chi connectivity index (χ2v) is 3.34. The van der Waals surface area contributed by atoms with Crippen LogP contribution in [-0.4, -0.2) is 16.5 Å². The molecule has 0 radical (unpaired) electrons. The molecule has 0 spiro atoms. The molecule has 1 rings (SSSR count). The zero-order chi connectivity index (χ0) is 11.3. The molecule has 15 heavy (non-hydrogen) atoms. The number of hydrogen-bond acceptors (Lipinski definition) is 5. The molecule has 76 valence electrons. The number of ketones is 1. The number of nitro benzene ring substituents is 1. The lowest BCUT2D eigenvalue weighted by atomic mass is 10.1. The smallest absolute Gasteiger partial charge is 0.280 e. The largest absolute Gasteiger partial charge is 0.293 e. The number of carbonyl (C=O) groups is 1. The topological polar surface area (TPSA) is 84.0 Å². The number of para-hydroxylation sites is 1. The van der Waals surface area contributed by atoms with E-state index in [0.29, 0.717) is 0 Å². The number of nitriles is 1. The van der Waals surface area contributed by atoms with Crippen molar-refractivity contribution in [3.05, 3.63) is 39.9 Å². The molecular weight excluding hydrogens is 216 g/mol. The summed E-state index contributed by atoms with van der Waals surface area (Å²) in [4.78, 5) is 21.4. The third-order valence-corrected chi connectivity index (χ3v) is 2.20. The van der Waals surface area contributed by atoms with Crippen molar-refractivity contribution in [3.8, 4) is 5.40 Å². The van der Waals surface area contributed by atoms with E-state index in [4.69, 9.17) is 5.26 Å². The highest BCUT2D eigenvalue weighted by atomic mass is 32.2. The fourth-order valence-electron chi connectivity index (χ4n) is 1.04. The Hall–Kier alpha value is -1.87. The summed E-state index contributed by atoms with van der Waals surface area (Å²) in [6, 6.07) is 5.70. The van der Waals surface area contributed by atoms with E-state index in [1.54, 1.807) is 11.5 Å². The molecule has 0 saturated heterocycles. The van der Waals surface area contributed by atoms with Gasteiger partial charge in [0.1, 0.15) is 5.40 Å². The number of thiocyanates is 1. The van der Waals surface area contributed by atoms with Crippen LogP contribution in [0, 0.1) is 20.8 Å². The van der Waals surface area contributed by atoms with Gasteiger partial charge in [-0.05, 0) is 17.8 Å². The van der Waals surface area contributed by atoms with Gasteiger partial charge in [-0.2, -0.15) is 5.26 Å². The van der Waals surface area contributed by atoms with Crippen molar-refractivity contribution >= 4 is 23.2 Å². The van der Waals surface area contributed by atoms with Gasteiger partial charge in [0.2, 0.25) is 0 Å². The predicted octanol–water partition coefficient (Wildman–Crippen LogP) is 1.99. The van der Waals surface area contributed by atoms with Crippen molar-refractivity contribution in [1.82, 2.24) is 0 Å². The van der Waals surface area contributed by atoms with Gasteiger partial charge in [0.05, 0.1) is 16.2 Å². The van der Waals surface area contributed by atoms with E-state index in [0.717, 1.165) is 11.8 Å². The number of thioether (sulfide) groups is 1. The van der Waals surface area contributed by atoms with Crippen molar-refractivity contribution in [1.29, 1.82) is 5.26 Å². The molecule has 0 heterocycles. The Labute approximate surface area is 89.9 Å². The Balaban J connectivity index is 2.98. The van der Waals surface area contributed by atoms with Crippen molar-refractivity contribution < 1.29 is 9.72 Å².